The molecule has 2 aromatic rings. The molecule has 0 unspecified atom stereocenters. The highest BCUT2D eigenvalue weighted by molar-refractivity contribution is 5.44. The topological polar surface area (TPSA) is 51.2 Å². The number of benzene rings is 2. The molecule has 2 aromatic carbocycles. The number of rotatable bonds is 3. The van der Waals surface area contributed by atoms with Gasteiger partial charge in [-0.25, -0.2) is 0 Å². The normalized spacial score (nSPS) is 26.5. The van der Waals surface area contributed by atoms with E-state index in [1.807, 2.05) is 6.07 Å². The molecule has 2 aliphatic heterocycles. The minimum Gasteiger partial charge on any atom is -0.486 e. The molecule has 0 aromatic heterocycles. The van der Waals surface area contributed by atoms with Crippen LogP contribution in [0.15, 0.2) is 42.5 Å². The minimum absolute atomic E-state index is 0.172. The third kappa shape index (κ3) is 3.45. The lowest BCUT2D eigenvalue weighted by Gasteiger charge is -2.41. The highest BCUT2D eigenvalue weighted by Gasteiger charge is 2.41. The molecule has 1 aliphatic carbocycles. The monoisotopic (exact) mass is 381 g/mol. The van der Waals surface area contributed by atoms with Gasteiger partial charge in [0.2, 0.25) is 6.79 Å². The van der Waals surface area contributed by atoms with Crippen molar-refractivity contribution in [2.45, 2.75) is 44.4 Å². The molecular formula is C23H27NO4. The Bertz CT molecular complexity index is 844. The van der Waals surface area contributed by atoms with Crippen LogP contribution in [0.4, 0.5) is 0 Å². The molecule has 28 heavy (non-hydrogen) atoms. The van der Waals surface area contributed by atoms with Crippen molar-refractivity contribution in [2.75, 3.05) is 19.9 Å². The first-order valence-corrected chi connectivity index (χ1v) is 10.2. The first kappa shape index (κ1) is 17.8. The summed E-state index contributed by atoms with van der Waals surface area (Å²) in [5.41, 5.74) is 2.29. The molecule has 5 rings (SSSR count). The fourth-order valence-electron chi connectivity index (χ4n) is 4.76. The third-order valence-electron chi connectivity index (χ3n) is 6.32. The summed E-state index contributed by atoms with van der Waals surface area (Å²) in [5.74, 6) is 3.09. The number of aliphatic hydroxyl groups is 1. The Morgan fingerprint density at radius 1 is 1.00 bits per heavy atom. The van der Waals surface area contributed by atoms with Crippen molar-refractivity contribution < 1.29 is 19.3 Å². The summed E-state index contributed by atoms with van der Waals surface area (Å²) in [6.45, 7) is 3.20. The van der Waals surface area contributed by atoms with Gasteiger partial charge in [-0.05, 0) is 55.4 Å². The molecule has 1 N–H and O–H groups in total. The van der Waals surface area contributed by atoms with E-state index in [9.17, 15) is 5.11 Å². The van der Waals surface area contributed by atoms with E-state index in [2.05, 4.69) is 41.3 Å². The Morgan fingerprint density at radius 3 is 2.68 bits per heavy atom. The molecular weight excluding hydrogens is 354 g/mol. The molecule has 1 fully saturated rings. The summed E-state index contributed by atoms with van der Waals surface area (Å²) in [6, 6.07) is 14.6. The van der Waals surface area contributed by atoms with Gasteiger partial charge in [-0.2, -0.15) is 0 Å². The van der Waals surface area contributed by atoms with Crippen LogP contribution in [-0.2, 0) is 13.1 Å². The largest absolute Gasteiger partial charge is 0.486 e. The maximum absolute atomic E-state index is 9.54. The molecule has 5 heteroatoms. The van der Waals surface area contributed by atoms with Gasteiger partial charge in [-0.3, -0.25) is 4.90 Å². The fraction of sp³-hybridized carbons (Fsp3) is 0.478. The molecule has 148 valence electrons. The van der Waals surface area contributed by atoms with Gasteiger partial charge >= 0.3 is 0 Å². The average Bonchev–Trinajstić information content (AvgIpc) is 3.12. The van der Waals surface area contributed by atoms with Gasteiger partial charge in [0.15, 0.2) is 11.5 Å². The van der Waals surface area contributed by atoms with Crippen LogP contribution in [0, 0.1) is 5.92 Å². The number of hydrogen-bond acceptors (Lipinski definition) is 5. The lowest BCUT2D eigenvalue weighted by molar-refractivity contribution is -0.0154. The lowest BCUT2D eigenvalue weighted by atomic mass is 9.78. The zero-order valence-corrected chi connectivity index (χ0v) is 16.1. The van der Waals surface area contributed by atoms with E-state index in [-0.39, 0.29) is 12.2 Å². The average molecular weight is 381 g/mol. The van der Waals surface area contributed by atoms with Gasteiger partial charge in [0.1, 0.15) is 11.4 Å². The molecule has 1 saturated carbocycles. The number of nitrogens with zero attached hydrogens (tertiary/aromatic N) is 1. The van der Waals surface area contributed by atoms with Crippen LogP contribution >= 0.6 is 0 Å². The molecule has 0 saturated heterocycles. The van der Waals surface area contributed by atoms with Crippen molar-refractivity contribution >= 4 is 0 Å². The van der Waals surface area contributed by atoms with Gasteiger partial charge < -0.3 is 19.3 Å². The quantitative estimate of drug-likeness (QED) is 0.878. The van der Waals surface area contributed by atoms with Crippen LogP contribution in [0.25, 0.3) is 0 Å². The highest BCUT2D eigenvalue weighted by atomic mass is 16.7. The highest BCUT2D eigenvalue weighted by Crippen LogP contribution is 2.40. The van der Waals surface area contributed by atoms with Gasteiger partial charge in [0.25, 0.3) is 0 Å². The van der Waals surface area contributed by atoms with Crippen LogP contribution < -0.4 is 14.2 Å². The van der Waals surface area contributed by atoms with Crippen molar-refractivity contribution in [1.82, 2.24) is 4.90 Å². The second-order valence-corrected chi connectivity index (χ2v) is 8.35. The zero-order chi connectivity index (χ0) is 19.0. The molecule has 1 spiro atoms. The molecule has 0 radical (unpaired) electrons. The minimum atomic E-state index is -0.172. The summed E-state index contributed by atoms with van der Waals surface area (Å²) in [4.78, 5) is 2.49. The van der Waals surface area contributed by atoms with Crippen LogP contribution in [0.2, 0.25) is 0 Å². The standard InChI is InChI=1S/C23H27NO4/c25-14-17-7-9-23(10-8-17)15-24(13-19-3-1-2-4-20(19)28-23)12-18-5-6-21-22(11-18)27-16-26-21/h1-6,11,17,25H,7-10,12-16H2. The Labute approximate surface area is 165 Å². The predicted octanol–water partition coefficient (Wildman–Crippen LogP) is 3.73. The molecule has 5 nitrogen and oxygen atoms in total. The van der Waals surface area contributed by atoms with Gasteiger partial charge in [0, 0.05) is 31.8 Å². The number of ether oxygens (including phenoxy) is 3. The SMILES string of the molecule is OCC1CCC2(CC1)CN(Cc1ccc3c(c1)OCO3)Cc1ccccc1O2. The Hall–Kier alpha value is -2.24. The van der Waals surface area contributed by atoms with Crippen LogP contribution in [-0.4, -0.2) is 35.6 Å². The molecule has 0 atom stereocenters. The lowest BCUT2D eigenvalue weighted by Crippen LogP contribution is -2.48. The second kappa shape index (κ2) is 7.30. The van der Waals surface area contributed by atoms with Crippen molar-refractivity contribution in [1.29, 1.82) is 0 Å². The van der Waals surface area contributed by atoms with Gasteiger partial charge in [0.05, 0.1) is 0 Å². The zero-order valence-electron chi connectivity index (χ0n) is 16.1. The Morgan fingerprint density at radius 2 is 1.82 bits per heavy atom. The van der Waals surface area contributed by atoms with Crippen molar-refractivity contribution in [3.8, 4) is 17.2 Å². The van der Waals surface area contributed by atoms with E-state index in [0.29, 0.717) is 12.7 Å². The summed E-state index contributed by atoms with van der Waals surface area (Å²) >= 11 is 0. The molecule has 3 aliphatic rings. The van der Waals surface area contributed by atoms with Crippen LogP contribution in [0.5, 0.6) is 17.2 Å². The predicted molar refractivity (Wildman–Crippen MR) is 106 cm³/mol. The van der Waals surface area contributed by atoms with E-state index in [1.165, 1.54) is 11.1 Å². The fourth-order valence-corrected chi connectivity index (χ4v) is 4.76. The van der Waals surface area contributed by atoms with E-state index >= 15 is 0 Å². The Balaban J connectivity index is 1.41. The smallest absolute Gasteiger partial charge is 0.231 e. The Kier molecular flexibility index (Phi) is 4.65. The molecule has 2 heterocycles. The van der Waals surface area contributed by atoms with Crippen LogP contribution in [0.3, 0.4) is 0 Å². The van der Waals surface area contributed by atoms with E-state index in [0.717, 1.165) is 62.6 Å². The maximum Gasteiger partial charge on any atom is 0.231 e. The van der Waals surface area contributed by atoms with Crippen molar-refractivity contribution in [2.24, 2.45) is 5.92 Å². The van der Waals surface area contributed by atoms with Gasteiger partial charge in [-0.15, -0.1) is 0 Å². The van der Waals surface area contributed by atoms with E-state index in [1.54, 1.807) is 0 Å². The summed E-state index contributed by atoms with van der Waals surface area (Å²) in [6.07, 6.45) is 4.03. The summed E-state index contributed by atoms with van der Waals surface area (Å²) in [5, 5.41) is 9.54. The van der Waals surface area contributed by atoms with Crippen molar-refractivity contribution in [3.63, 3.8) is 0 Å². The van der Waals surface area contributed by atoms with E-state index in [4.69, 9.17) is 14.2 Å². The maximum atomic E-state index is 9.54. The number of hydrogen-bond donors (Lipinski definition) is 1. The third-order valence-corrected chi connectivity index (χ3v) is 6.32. The number of para-hydroxylation sites is 1. The second-order valence-electron chi connectivity index (χ2n) is 8.35. The summed E-state index contributed by atoms with van der Waals surface area (Å²) < 4.78 is 17.7. The first-order valence-electron chi connectivity index (χ1n) is 10.2. The first-order chi connectivity index (χ1) is 13.7. The molecule has 0 bridgehead atoms. The number of fused-ring (bicyclic) bond motifs is 2. The number of aliphatic hydroxyl groups excluding tert-OH is 1. The van der Waals surface area contributed by atoms with E-state index < -0.39 is 0 Å². The van der Waals surface area contributed by atoms with Crippen LogP contribution in [0.1, 0.15) is 36.8 Å². The van der Waals surface area contributed by atoms with Gasteiger partial charge in [-0.1, -0.05) is 24.3 Å². The summed E-state index contributed by atoms with van der Waals surface area (Å²) in [7, 11) is 0. The molecule has 0 amide bonds. The van der Waals surface area contributed by atoms with Crippen molar-refractivity contribution in [3.05, 3.63) is 53.6 Å².